The van der Waals surface area contributed by atoms with E-state index in [4.69, 9.17) is 0 Å². The van der Waals surface area contributed by atoms with Gasteiger partial charge in [-0.25, -0.2) is 9.78 Å². The van der Waals surface area contributed by atoms with Crippen LogP contribution in [0.3, 0.4) is 0 Å². The Bertz CT molecular complexity index is 923. The summed E-state index contributed by atoms with van der Waals surface area (Å²) < 4.78 is 4.68. The first kappa shape index (κ1) is 18.7. The lowest BCUT2D eigenvalue weighted by atomic mass is 10.1. The van der Waals surface area contributed by atoms with Gasteiger partial charge in [0.2, 0.25) is 5.91 Å². The minimum atomic E-state index is -0.377. The molecule has 0 aliphatic rings. The molecule has 0 spiro atoms. The molecule has 0 unspecified atom stereocenters. The molecule has 0 radical (unpaired) electrons. The predicted octanol–water partition coefficient (Wildman–Crippen LogP) is 3.19. The number of nitrogens with zero attached hydrogens (tertiary/aromatic N) is 3. The molecular weight excluding hydrogens is 362 g/mol. The Hall–Kier alpha value is -3.06. The predicted molar refractivity (Wildman–Crippen MR) is 103 cm³/mol. The Kier molecular flexibility index (Phi) is 5.93. The molecule has 0 bridgehead atoms. The quantitative estimate of drug-likeness (QED) is 0.613. The third-order valence-electron chi connectivity index (χ3n) is 3.99. The van der Waals surface area contributed by atoms with E-state index in [1.165, 1.54) is 18.4 Å². The van der Waals surface area contributed by atoms with Crippen LogP contribution in [0.4, 0.5) is 0 Å². The summed E-state index contributed by atoms with van der Waals surface area (Å²) in [6, 6.07) is 12.7. The number of amides is 1. The summed E-state index contributed by atoms with van der Waals surface area (Å²) in [7, 11) is 3.10. The third kappa shape index (κ3) is 4.77. The molecule has 0 saturated carbocycles. The van der Waals surface area contributed by atoms with Crippen molar-refractivity contribution in [3.8, 4) is 10.7 Å². The molecule has 0 N–H and O–H groups in total. The molecule has 3 rings (SSSR count). The van der Waals surface area contributed by atoms with Gasteiger partial charge < -0.3 is 9.64 Å². The third-order valence-corrected chi connectivity index (χ3v) is 4.90. The van der Waals surface area contributed by atoms with Crippen LogP contribution >= 0.6 is 11.3 Å². The molecule has 7 heteroatoms. The van der Waals surface area contributed by atoms with Gasteiger partial charge in [0, 0.05) is 25.2 Å². The van der Waals surface area contributed by atoms with Crippen molar-refractivity contribution in [3.05, 3.63) is 70.9 Å². The molecule has 0 atom stereocenters. The Balaban J connectivity index is 1.59. The van der Waals surface area contributed by atoms with Crippen LogP contribution in [-0.4, -0.2) is 40.9 Å². The molecule has 0 aliphatic heterocycles. The molecule has 6 nitrogen and oxygen atoms in total. The number of hydrogen-bond acceptors (Lipinski definition) is 6. The van der Waals surface area contributed by atoms with Crippen molar-refractivity contribution in [3.63, 3.8) is 0 Å². The van der Waals surface area contributed by atoms with E-state index in [0.29, 0.717) is 12.1 Å². The number of likely N-dealkylation sites (N-methyl/N-ethyl adjacent to an activating group) is 1. The number of rotatable bonds is 6. The fourth-order valence-electron chi connectivity index (χ4n) is 2.51. The average Bonchev–Trinajstić information content (AvgIpc) is 3.17. The average molecular weight is 381 g/mol. The van der Waals surface area contributed by atoms with E-state index in [9.17, 15) is 9.59 Å². The van der Waals surface area contributed by atoms with Gasteiger partial charge in [-0.1, -0.05) is 18.2 Å². The molecule has 2 heterocycles. The number of ether oxygens (including phenoxy) is 1. The van der Waals surface area contributed by atoms with Gasteiger partial charge in [-0.2, -0.15) is 0 Å². The number of hydrogen-bond donors (Lipinski definition) is 0. The highest BCUT2D eigenvalue weighted by Gasteiger charge is 2.14. The number of pyridine rings is 1. The van der Waals surface area contributed by atoms with Gasteiger partial charge in [0.25, 0.3) is 0 Å². The van der Waals surface area contributed by atoms with Crippen LogP contribution in [0, 0.1) is 0 Å². The zero-order valence-corrected chi connectivity index (χ0v) is 15.9. The molecule has 0 saturated heterocycles. The molecule has 0 aliphatic carbocycles. The topological polar surface area (TPSA) is 72.4 Å². The highest BCUT2D eigenvalue weighted by Crippen LogP contribution is 2.21. The number of esters is 1. The van der Waals surface area contributed by atoms with Crippen molar-refractivity contribution in [2.45, 2.75) is 13.0 Å². The van der Waals surface area contributed by atoms with Crippen molar-refractivity contribution in [2.24, 2.45) is 0 Å². The number of carbonyl (C=O) groups excluding carboxylic acids is 2. The molecule has 3 aromatic rings. The van der Waals surface area contributed by atoms with E-state index in [2.05, 4.69) is 14.7 Å². The Morgan fingerprint density at radius 3 is 2.59 bits per heavy atom. The zero-order valence-electron chi connectivity index (χ0n) is 15.1. The van der Waals surface area contributed by atoms with Gasteiger partial charge in [0.1, 0.15) is 5.01 Å². The lowest BCUT2D eigenvalue weighted by Crippen LogP contribution is -2.27. The minimum Gasteiger partial charge on any atom is -0.465 e. The van der Waals surface area contributed by atoms with Gasteiger partial charge in [-0.05, 0) is 29.8 Å². The first-order valence-electron chi connectivity index (χ1n) is 8.34. The van der Waals surface area contributed by atoms with Crippen molar-refractivity contribution in [1.82, 2.24) is 14.9 Å². The largest absolute Gasteiger partial charge is 0.465 e. The number of thiazole rings is 1. The zero-order chi connectivity index (χ0) is 19.2. The maximum atomic E-state index is 12.5. The van der Waals surface area contributed by atoms with Crippen molar-refractivity contribution in [1.29, 1.82) is 0 Å². The Labute approximate surface area is 161 Å². The van der Waals surface area contributed by atoms with Gasteiger partial charge in [0.05, 0.1) is 30.5 Å². The number of methoxy groups -OCH3 is 1. The molecule has 0 fully saturated rings. The minimum absolute atomic E-state index is 0.0232. The first-order valence-corrected chi connectivity index (χ1v) is 9.22. The lowest BCUT2D eigenvalue weighted by Gasteiger charge is -2.17. The van der Waals surface area contributed by atoms with Crippen LogP contribution < -0.4 is 0 Å². The van der Waals surface area contributed by atoms with Crippen LogP contribution in [-0.2, 0) is 22.5 Å². The van der Waals surface area contributed by atoms with Crippen LogP contribution in [0.25, 0.3) is 10.7 Å². The van der Waals surface area contributed by atoms with E-state index >= 15 is 0 Å². The molecule has 138 valence electrons. The van der Waals surface area contributed by atoms with Gasteiger partial charge >= 0.3 is 5.97 Å². The monoisotopic (exact) mass is 381 g/mol. The van der Waals surface area contributed by atoms with Crippen molar-refractivity contribution < 1.29 is 14.3 Å². The van der Waals surface area contributed by atoms with Crippen LogP contribution in [0.5, 0.6) is 0 Å². The lowest BCUT2D eigenvalue weighted by molar-refractivity contribution is -0.129. The van der Waals surface area contributed by atoms with Crippen LogP contribution in [0.1, 0.15) is 21.6 Å². The summed E-state index contributed by atoms with van der Waals surface area (Å²) in [4.78, 5) is 34.4. The smallest absolute Gasteiger partial charge is 0.337 e. The summed E-state index contributed by atoms with van der Waals surface area (Å²) in [5.41, 5.74) is 2.96. The van der Waals surface area contributed by atoms with E-state index in [1.807, 2.05) is 35.7 Å². The summed E-state index contributed by atoms with van der Waals surface area (Å²) in [5, 5.41) is 2.69. The van der Waals surface area contributed by atoms with Gasteiger partial charge in [-0.15, -0.1) is 11.3 Å². The second kappa shape index (κ2) is 8.55. The fraction of sp³-hybridized carbons (Fsp3) is 0.200. The van der Waals surface area contributed by atoms with Crippen LogP contribution in [0.2, 0.25) is 0 Å². The SMILES string of the molecule is COC(=O)c1ccc(CN(C)C(=O)Cc2csc(-c3ccccn3)n2)cc1. The standard InChI is InChI=1S/C20H19N3O3S/c1-23(12-14-6-8-15(9-7-14)20(25)26-2)18(24)11-16-13-27-19(22-16)17-5-3-4-10-21-17/h3-10,13H,11-12H2,1-2H3. The van der Waals surface area contributed by atoms with E-state index in [-0.39, 0.29) is 18.3 Å². The number of benzene rings is 1. The van der Waals surface area contributed by atoms with Crippen molar-refractivity contribution >= 4 is 23.2 Å². The number of carbonyl (C=O) groups is 2. The van der Waals surface area contributed by atoms with E-state index < -0.39 is 0 Å². The fourth-order valence-corrected chi connectivity index (χ4v) is 3.31. The summed E-state index contributed by atoms with van der Waals surface area (Å²) in [6.07, 6.45) is 1.96. The highest BCUT2D eigenvalue weighted by atomic mass is 32.1. The summed E-state index contributed by atoms with van der Waals surface area (Å²) >= 11 is 1.48. The summed E-state index contributed by atoms with van der Waals surface area (Å²) in [5.74, 6) is -0.400. The van der Waals surface area contributed by atoms with Crippen molar-refractivity contribution in [2.75, 3.05) is 14.2 Å². The highest BCUT2D eigenvalue weighted by molar-refractivity contribution is 7.13. The number of aromatic nitrogens is 2. The molecule has 1 amide bonds. The maximum Gasteiger partial charge on any atom is 0.337 e. The molecular formula is C20H19N3O3S. The summed E-state index contributed by atoms with van der Waals surface area (Å²) in [6.45, 7) is 0.456. The molecule has 1 aromatic carbocycles. The molecule has 2 aromatic heterocycles. The van der Waals surface area contributed by atoms with Crippen LogP contribution in [0.15, 0.2) is 54.0 Å². The second-order valence-electron chi connectivity index (χ2n) is 5.97. The Morgan fingerprint density at radius 2 is 1.93 bits per heavy atom. The second-order valence-corrected chi connectivity index (χ2v) is 6.83. The maximum absolute atomic E-state index is 12.5. The van der Waals surface area contributed by atoms with Gasteiger partial charge in [0.15, 0.2) is 0 Å². The van der Waals surface area contributed by atoms with E-state index in [0.717, 1.165) is 22.0 Å². The Morgan fingerprint density at radius 1 is 1.15 bits per heavy atom. The molecule has 27 heavy (non-hydrogen) atoms. The van der Waals surface area contributed by atoms with Gasteiger partial charge in [-0.3, -0.25) is 9.78 Å². The van der Waals surface area contributed by atoms with E-state index in [1.54, 1.807) is 30.3 Å². The first-order chi connectivity index (χ1) is 13.1. The normalized spacial score (nSPS) is 10.4.